The number of thioether (sulfide) groups is 1. The van der Waals surface area contributed by atoms with Gasteiger partial charge in [0.15, 0.2) is 9.84 Å². The molecular formula is C18H21N7O3S2. The van der Waals surface area contributed by atoms with Crippen molar-refractivity contribution in [3.63, 3.8) is 0 Å². The first-order valence-corrected chi connectivity index (χ1v) is 12.2. The van der Waals surface area contributed by atoms with E-state index in [0.717, 1.165) is 11.3 Å². The van der Waals surface area contributed by atoms with Crippen molar-refractivity contribution in [1.29, 1.82) is 0 Å². The predicted octanol–water partition coefficient (Wildman–Crippen LogP) is 2.16. The van der Waals surface area contributed by atoms with Crippen LogP contribution >= 0.6 is 11.8 Å². The maximum Gasteiger partial charge on any atom is 0.277 e. The Morgan fingerprint density at radius 1 is 1.23 bits per heavy atom. The fraction of sp³-hybridized carbons (Fsp3) is 0.389. The third-order valence-electron chi connectivity index (χ3n) is 4.65. The Kier molecular flexibility index (Phi) is 5.86. The monoisotopic (exact) mass is 447 g/mol. The van der Waals surface area contributed by atoms with Crippen LogP contribution in [0.15, 0.2) is 33.9 Å². The number of aromatic nitrogens is 5. The van der Waals surface area contributed by atoms with Crippen molar-refractivity contribution in [2.24, 2.45) is 5.92 Å². The molecule has 0 unspecified atom stereocenters. The van der Waals surface area contributed by atoms with Crippen molar-refractivity contribution in [2.75, 3.05) is 22.6 Å². The molecule has 1 atom stereocenters. The third kappa shape index (κ3) is 5.25. The minimum Gasteiger partial charge on any atom is -0.416 e. The van der Waals surface area contributed by atoms with Crippen molar-refractivity contribution < 1.29 is 12.8 Å². The van der Waals surface area contributed by atoms with E-state index in [4.69, 9.17) is 10.2 Å². The number of nitrogen functional groups attached to an aromatic ring is 1. The van der Waals surface area contributed by atoms with Crippen LogP contribution < -0.4 is 11.1 Å². The van der Waals surface area contributed by atoms with Crippen LogP contribution in [0.25, 0.3) is 0 Å². The summed E-state index contributed by atoms with van der Waals surface area (Å²) in [4.78, 5) is 12.7. The Labute approximate surface area is 178 Å². The molecule has 0 radical (unpaired) electrons. The fourth-order valence-corrected chi connectivity index (χ4v) is 5.67. The van der Waals surface area contributed by atoms with Crippen molar-refractivity contribution in [3.8, 4) is 0 Å². The summed E-state index contributed by atoms with van der Waals surface area (Å²) in [6.45, 7) is 1.98. The first-order chi connectivity index (χ1) is 14.4. The van der Waals surface area contributed by atoms with Gasteiger partial charge in [0.25, 0.3) is 5.22 Å². The smallest absolute Gasteiger partial charge is 0.277 e. The van der Waals surface area contributed by atoms with Crippen LogP contribution in [0.3, 0.4) is 0 Å². The van der Waals surface area contributed by atoms with Gasteiger partial charge in [-0.05, 0) is 30.9 Å². The summed E-state index contributed by atoms with van der Waals surface area (Å²) < 4.78 is 28.8. The van der Waals surface area contributed by atoms with Crippen molar-refractivity contribution in [1.82, 2.24) is 25.1 Å². The SMILES string of the molecule is Cc1ccccc1Nc1nc(N)nc(CSc2nnc(C[C@@H]3CCS(=O)(=O)C3)o2)n1. The molecule has 3 N–H and O–H groups in total. The van der Waals surface area contributed by atoms with Gasteiger partial charge in [-0.15, -0.1) is 10.2 Å². The van der Waals surface area contributed by atoms with Gasteiger partial charge in [0, 0.05) is 12.1 Å². The summed E-state index contributed by atoms with van der Waals surface area (Å²) in [5.74, 6) is 2.21. The van der Waals surface area contributed by atoms with E-state index in [0.29, 0.717) is 41.5 Å². The molecular weight excluding hydrogens is 426 g/mol. The quantitative estimate of drug-likeness (QED) is 0.513. The molecule has 1 aromatic carbocycles. The predicted molar refractivity (Wildman–Crippen MR) is 113 cm³/mol. The topological polar surface area (TPSA) is 150 Å². The van der Waals surface area contributed by atoms with Crippen LogP contribution in [0.4, 0.5) is 17.6 Å². The summed E-state index contributed by atoms with van der Waals surface area (Å²) in [7, 11) is -2.92. The molecule has 3 heterocycles. The number of hydrogen-bond acceptors (Lipinski definition) is 11. The largest absolute Gasteiger partial charge is 0.416 e. The highest BCUT2D eigenvalue weighted by atomic mass is 32.2. The van der Waals surface area contributed by atoms with Gasteiger partial charge in [-0.1, -0.05) is 30.0 Å². The zero-order chi connectivity index (χ0) is 21.1. The highest BCUT2D eigenvalue weighted by Crippen LogP contribution is 2.25. The van der Waals surface area contributed by atoms with Crippen LogP contribution in [0.5, 0.6) is 0 Å². The van der Waals surface area contributed by atoms with Gasteiger partial charge in [-0.25, -0.2) is 8.42 Å². The molecule has 0 amide bonds. The Balaban J connectivity index is 1.38. The van der Waals surface area contributed by atoms with Crippen LogP contribution in [-0.4, -0.2) is 45.1 Å². The number of nitrogens with two attached hydrogens (primary N) is 1. The average Bonchev–Trinajstić information content (AvgIpc) is 3.27. The first-order valence-electron chi connectivity index (χ1n) is 9.35. The molecule has 0 aliphatic carbocycles. The Morgan fingerprint density at radius 2 is 2.07 bits per heavy atom. The van der Waals surface area contributed by atoms with E-state index < -0.39 is 9.84 Å². The first kappa shape index (κ1) is 20.5. The lowest BCUT2D eigenvalue weighted by molar-refractivity contribution is 0.389. The molecule has 12 heteroatoms. The second-order valence-electron chi connectivity index (χ2n) is 7.10. The zero-order valence-electron chi connectivity index (χ0n) is 16.3. The van der Waals surface area contributed by atoms with Crippen LogP contribution in [-0.2, 0) is 22.0 Å². The van der Waals surface area contributed by atoms with E-state index in [-0.39, 0.29) is 23.4 Å². The molecule has 1 aliphatic heterocycles. The van der Waals surface area contributed by atoms with E-state index in [2.05, 4.69) is 30.5 Å². The molecule has 1 fully saturated rings. The van der Waals surface area contributed by atoms with Gasteiger partial charge >= 0.3 is 0 Å². The Morgan fingerprint density at radius 3 is 2.83 bits per heavy atom. The molecule has 0 spiro atoms. The third-order valence-corrected chi connectivity index (χ3v) is 7.31. The number of hydrogen-bond donors (Lipinski definition) is 2. The number of nitrogens with zero attached hydrogens (tertiary/aromatic N) is 5. The van der Waals surface area contributed by atoms with Crippen LogP contribution in [0.1, 0.15) is 23.7 Å². The summed E-state index contributed by atoms with van der Waals surface area (Å²) in [5, 5.41) is 11.6. The fourth-order valence-electron chi connectivity index (χ4n) is 3.18. The average molecular weight is 448 g/mol. The standard InChI is InChI=1S/C18H21N7O3S2/c1-11-4-2-3-5-13(11)20-17-22-14(21-16(19)23-17)9-29-18-25-24-15(28-18)8-12-6-7-30(26,27)10-12/h2-5,12H,6-10H2,1H3,(H3,19,20,21,22,23)/t12-/m0/s1. The van der Waals surface area contributed by atoms with E-state index in [9.17, 15) is 8.42 Å². The molecule has 10 nitrogen and oxygen atoms in total. The number of anilines is 3. The van der Waals surface area contributed by atoms with Gasteiger partial charge in [0.1, 0.15) is 5.82 Å². The van der Waals surface area contributed by atoms with Gasteiger partial charge in [-0.2, -0.15) is 15.0 Å². The molecule has 3 aromatic rings. The Hall–Kier alpha value is -2.73. The molecule has 2 aromatic heterocycles. The minimum absolute atomic E-state index is 0.0340. The Bertz CT molecular complexity index is 1150. The summed E-state index contributed by atoms with van der Waals surface area (Å²) in [5.41, 5.74) is 7.77. The van der Waals surface area contributed by atoms with E-state index in [1.165, 1.54) is 11.8 Å². The molecule has 4 rings (SSSR count). The van der Waals surface area contributed by atoms with Crippen molar-refractivity contribution in [2.45, 2.75) is 30.7 Å². The minimum atomic E-state index is -2.92. The summed E-state index contributed by atoms with van der Waals surface area (Å²) in [6.07, 6.45) is 1.10. The molecule has 0 saturated carbocycles. The van der Waals surface area contributed by atoms with Gasteiger partial charge in [-0.3, -0.25) is 0 Å². The van der Waals surface area contributed by atoms with Crippen molar-refractivity contribution >= 4 is 39.2 Å². The zero-order valence-corrected chi connectivity index (χ0v) is 17.9. The number of benzene rings is 1. The maximum absolute atomic E-state index is 11.6. The van der Waals surface area contributed by atoms with E-state index in [1.807, 2.05) is 31.2 Å². The van der Waals surface area contributed by atoms with Gasteiger partial charge in [0.05, 0.1) is 17.3 Å². The lowest BCUT2D eigenvalue weighted by Crippen LogP contribution is -2.07. The number of aryl methyl sites for hydroxylation is 1. The van der Waals surface area contributed by atoms with E-state index in [1.54, 1.807) is 0 Å². The van der Waals surface area contributed by atoms with E-state index >= 15 is 0 Å². The lowest BCUT2D eigenvalue weighted by atomic mass is 10.1. The lowest BCUT2D eigenvalue weighted by Gasteiger charge is -2.09. The molecule has 158 valence electrons. The van der Waals surface area contributed by atoms with Gasteiger partial charge in [0.2, 0.25) is 17.8 Å². The number of rotatable bonds is 7. The summed E-state index contributed by atoms with van der Waals surface area (Å²) in [6, 6.07) is 7.79. The van der Waals surface area contributed by atoms with Gasteiger partial charge < -0.3 is 15.5 Å². The maximum atomic E-state index is 11.6. The number of sulfone groups is 1. The normalized spacial score (nSPS) is 17.8. The number of para-hydroxylation sites is 1. The van der Waals surface area contributed by atoms with Crippen LogP contribution in [0, 0.1) is 12.8 Å². The molecule has 1 saturated heterocycles. The second kappa shape index (κ2) is 8.56. The van der Waals surface area contributed by atoms with Crippen LogP contribution in [0.2, 0.25) is 0 Å². The molecule has 0 bridgehead atoms. The molecule has 1 aliphatic rings. The number of nitrogens with one attached hydrogen (secondary N) is 1. The second-order valence-corrected chi connectivity index (χ2v) is 10.3. The van der Waals surface area contributed by atoms with Crippen molar-refractivity contribution in [3.05, 3.63) is 41.5 Å². The highest BCUT2D eigenvalue weighted by molar-refractivity contribution is 7.98. The highest BCUT2D eigenvalue weighted by Gasteiger charge is 2.29. The molecule has 30 heavy (non-hydrogen) atoms. The summed E-state index contributed by atoms with van der Waals surface area (Å²) >= 11 is 1.28.